The highest BCUT2D eigenvalue weighted by Crippen LogP contribution is 2.21. The van der Waals surface area contributed by atoms with Gasteiger partial charge in [0.25, 0.3) is 0 Å². The monoisotopic (exact) mass is 365 g/mol. The first-order valence-electron chi connectivity index (χ1n) is 5.44. The Kier molecular flexibility index (Phi) is 3.88. The molecule has 0 amide bonds. The van der Waals surface area contributed by atoms with E-state index >= 15 is 0 Å². The zero-order valence-corrected chi connectivity index (χ0v) is 12.9. The van der Waals surface area contributed by atoms with Gasteiger partial charge in [0.05, 0.1) is 5.69 Å². The Morgan fingerprint density at radius 2 is 1.83 bits per heavy atom. The van der Waals surface area contributed by atoms with E-state index in [1.54, 1.807) is 0 Å². The molecule has 3 aromatic rings. The largest absolute Gasteiger partial charge is 1.00 e. The Morgan fingerprint density at radius 1 is 1.11 bits per heavy atom. The van der Waals surface area contributed by atoms with Gasteiger partial charge in [-0.3, -0.25) is 0 Å². The number of aromatic nitrogens is 2. The number of nitrogens with zero attached hydrogens (tertiary/aromatic N) is 2. The van der Waals surface area contributed by atoms with E-state index in [-0.39, 0.29) is 17.0 Å². The molecule has 0 fully saturated rings. The summed E-state index contributed by atoms with van der Waals surface area (Å²) in [6.07, 6.45) is 4.10. The van der Waals surface area contributed by atoms with Crippen LogP contribution in [0.2, 0.25) is 0 Å². The van der Waals surface area contributed by atoms with Crippen LogP contribution in [0.3, 0.4) is 0 Å². The summed E-state index contributed by atoms with van der Waals surface area (Å²) in [7, 11) is 0. The molecule has 0 aliphatic heterocycles. The normalized spacial score (nSPS) is 10.3. The van der Waals surface area contributed by atoms with Gasteiger partial charge in [0.2, 0.25) is 0 Å². The molecule has 0 saturated heterocycles. The van der Waals surface area contributed by atoms with Gasteiger partial charge < -0.3 is 21.4 Å². The highest BCUT2D eigenvalue weighted by Gasteiger charge is 2.03. The second-order valence-corrected chi connectivity index (χ2v) is 5.02. The topological polar surface area (TPSA) is 17.3 Å². The molecule has 0 atom stereocenters. The third kappa shape index (κ3) is 2.49. The summed E-state index contributed by atoms with van der Waals surface area (Å²) in [6.45, 7) is 2.08. The number of aryl methyl sites for hydroxylation is 1. The molecule has 0 aliphatic rings. The SMILES string of the molecule is Cc1ccn2cc(-c3ccc(Br)cc3)nc2c1.[Br-]. The van der Waals surface area contributed by atoms with Gasteiger partial charge in [0.15, 0.2) is 0 Å². The minimum Gasteiger partial charge on any atom is -1.00 e. The second kappa shape index (κ2) is 5.24. The first-order chi connectivity index (χ1) is 8.22. The Bertz CT molecular complexity index is 672. The molecule has 0 unspecified atom stereocenters. The van der Waals surface area contributed by atoms with Crippen molar-refractivity contribution in [3.63, 3.8) is 0 Å². The summed E-state index contributed by atoms with van der Waals surface area (Å²) in [5, 5.41) is 0. The van der Waals surface area contributed by atoms with E-state index in [9.17, 15) is 0 Å². The van der Waals surface area contributed by atoms with E-state index < -0.39 is 0 Å². The number of rotatable bonds is 1. The highest BCUT2D eigenvalue weighted by molar-refractivity contribution is 9.10. The van der Waals surface area contributed by atoms with Crippen LogP contribution in [-0.2, 0) is 0 Å². The van der Waals surface area contributed by atoms with Crippen LogP contribution in [0.15, 0.2) is 53.3 Å². The molecule has 0 N–H and O–H groups in total. The number of hydrogen-bond acceptors (Lipinski definition) is 1. The Labute approximate surface area is 125 Å². The summed E-state index contributed by atoms with van der Waals surface area (Å²) in [4.78, 5) is 4.62. The molecule has 0 saturated carbocycles. The van der Waals surface area contributed by atoms with Gasteiger partial charge in [-0.1, -0.05) is 28.1 Å². The van der Waals surface area contributed by atoms with Gasteiger partial charge >= 0.3 is 0 Å². The number of benzene rings is 1. The van der Waals surface area contributed by atoms with E-state index in [4.69, 9.17) is 0 Å². The van der Waals surface area contributed by atoms with Crippen LogP contribution in [0, 0.1) is 6.92 Å². The molecule has 92 valence electrons. The smallest absolute Gasteiger partial charge is 0.137 e. The van der Waals surface area contributed by atoms with Gasteiger partial charge in [0, 0.05) is 22.4 Å². The average Bonchev–Trinajstić information content (AvgIpc) is 2.72. The fourth-order valence-electron chi connectivity index (χ4n) is 1.84. The quantitative estimate of drug-likeness (QED) is 0.630. The summed E-state index contributed by atoms with van der Waals surface area (Å²) >= 11 is 3.44. The third-order valence-corrected chi connectivity index (χ3v) is 3.28. The van der Waals surface area contributed by atoms with Crippen molar-refractivity contribution in [2.24, 2.45) is 0 Å². The summed E-state index contributed by atoms with van der Waals surface area (Å²) in [5.41, 5.74) is 4.35. The number of hydrogen-bond donors (Lipinski definition) is 0. The molecule has 1 aromatic carbocycles. The van der Waals surface area contributed by atoms with Gasteiger partial charge in [-0.15, -0.1) is 0 Å². The lowest BCUT2D eigenvalue weighted by atomic mass is 10.2. The zero-order valence-electron chi connectivity index (χ0n) is 9.77. The minimum absolute atomic E-state index is 0. The molecule has 18 heavy (non-hydrogen) atoms. The molecule has 2 heterocycles. The molecular formula is C14H11Br2N2-. The van der Waals surface area contributed by atoms with Crippen molar-refractivity contribution >= 4 is 21.6 Å². The van der Waals surface area contributed by atoms with Crippen LogP contribution in [0.1, 0.15) is 5.56 Å². The van der Waals surface area contributed by atoms with E-state index in [1.165, 1.54) is 5.56 Å². The molecule has 2 aromatic heterocycles. The van der Waals surface area contributed by atoms with Gasteiger partial charge in [-0.2, -0.15) is 0 Å². The lowest BCUT2D eigenvalue weighted by Crippen LogP contribution is -3.00. The molecule has 0 bridgehead atoms. The zero-order chi connectivity index (χ0) is 11.8. The summed E-state index contributed by atoms with van der Waals surface area (Å²) in [6, 6.07) is 12.4. The maximum atomic E-state index is 4.62. The average molecular weight is 367 g/mol. The predicted octanol–water partition coefficient (Wildman–Crippen LogP) is 1.08. The molecule has 0 radical (unpaired) electrons. The van der Waals surface area contributed by atoms with E-state index in [0.29, 0.717) is 0 Å². The predicted molar refractivity (Wildman–Crippen MR) is 73.1 cm³/mol. The van der Waals surface area contributed by atoms with E-state index in [1.807, 2.05) is 22.7 Å². The Balaban J connectivity index is 0.00000120. The second-order valence-electron chi connectivity index (χ2n) is 4.10. The van der Waals surface area contributed by atoms with Crippen molar-refractivity contribution in [2.45, 2.75) is 6.92 Å². The summed E-state index contributed by atoms with van der Waals surface area (Å²) in [5.74, 6) is 0. The molecule has 0 spiro atoms. The third-order valence-electron chi connectivity index (χ3n) is 2.76. The Morgan fingerprint density at radius 3 is 2.56 bits per heavy atom. The van der Waals surface area contributed by atoms with Crippen LogP contribution >= 0.6 is 15.9 Å². The van der Waals surface area contributed by atoms with Crippen molar-refractivity contribution in [1.29, 1.82) is 0 Å². The van der Waals surface area contributed by atoms with Crippen LogP contribution in [0.5, 0.6) is 0 Å². The standard InChI is InChI=1S/C14H11BrN2.BrH/c1-10-6-7-17-9-13(16-14(17)8-10)11-2-4-12(15)5-3-11;/h2-9H,1H3;1H/p-1. The minimum atomic E-state index is 0. The van der Waals surface area contributed by atoms with Crippen molar-refractivity contribution in [3.8, 4) is 11.3 Å². The van der Waals surface area contributed by atoms with Gasteiger partial charge in [-0.05, 0) is 36.8 Å². The van der Waals surface area contributed by atoms with E-state index in [0.717, 1.165) is 21.4 Å². The van der Waals surface area contributed by atoms with Crippen molar-refractivity contribution in [3.05, 3.63) is 58.8 Å². The number of pyridine rings is 1. The fraction of sp³-hybridized carbons (Fsp3) is 0.0714. The highest BCUT2D eigenvalue weighted by atomic mass is 79.9. The number of fused-ring (bicyclic) bond motifs is 1. The molecular weight excluding hydrogens is 356 g/mol. The molecule has 3 rings (SSSR count). The molecule has 2 nitrogen and oxygen atoms in total. The lowest BCUT2D eigenvalue weighted by molar-refractivity contribution is -0.00000341. The van der Waals surface area contributed by atoms with Crippen LogP contribution in [0.25, 0.3) is 16.9 Å². The summed E-state index contributed by atoms with van der Waals surface area (Å²) < 4.78 is 3.13. The maximum absolute atomic E-state index is 4.62. The Hall–Kier alpha value is -1.13. The number of halogens is 2. The van der Waals surface area contributed by atoms with Crippen molar-refractivity contribution < 1.29 is 17.0 Å². The molecule has 0 aliphatic carbocycles. The van der Waals surface area contributed by atoms with Crippen LogP contribution in [-0.4, -0.2) is 9.38 Å². The van der Waals surface area contributed by atoms with Crippen molar-refractivity contribution in [2.75, 3.05) is 0 Å². The van der Waals surface area contributed by atoms with E-state index in [2.05, 4.69) is 58.3 Å². The fourth-order valence-corrected chi connectivity index (χ4v) is 2.11. The first kappa shape index (κ1) is 13.3. The van der Waals surface area contributed by atoms with Gasteiger partial charge in [0.1, 0.15) is 5.65 Å². The van der Waals surface area contributed by atoms with Crippen molar-refractivity contribution in [1.82, 2.24) is 9.38 Å². The maximum Gasteiger partial charge on any atom is 0.137 e. The van der Waals surface area contributed by atoms with Crippen LogP contribution in [0.4, 0.5) is 0 Å². The lowest BCUT2D eigenvalue weighted by Gasteiger charge is -1.95. The first-order valence-corrected chi connectivity index (χ1v) is 6.23. The van der Waals surface area contributed by atoms with Gasteiger partial charge in [-0.25, -0.2) is 4.98 Å². The van der Waals surface area contributed by atoms with Crippen LogP contribution < -0.4 is 17.0 Å². The molecule has 4 heteroatoms. The number of imidazole rings is 1.